The van der Waals surface area contributed by atoms with Crippen LogP contribution in [0, 0.1) is 5.92 Å². The molecule has 2 aromatic rings. The standard InChI is InChI=1S/C18H21N3O2/c22-17(21-11-12-4-3-5-13(21)10-12)9-8-16-18(23)20-15-7-2-1-6-14(15)19-16/h1-2,6-7,12-13H,3-5,8-11H2,(H,20,23)/t12-,13+/m0/s1. The summed E-state index contributed by atoms with van der Waals surface area (Å²) in [5.41, 5.74) is 1.78. The van der Waals surface area contributed by atoms with Crippen LogP contribution in [0.3, 0.4) is 0 Å². The second-order valence-electron chi connectivity index (χ2n) is 6.76. The number of aromatic nitrogens is 2. The summed E-state index contributed by atoms with van der Waals surface area (Å²) in [6.45, 7) is 0.908. The van der Waals surface area contributed by atoms with E-state index in [4.69, 9.17) is 0 Å². The van der Waals surface area contributed by atoms with Crippen molar-refractivity contribution in [1.29, 1.82) is 0 Å². The number of aryl methyl sites for hydroxylation is 1. The molecule has 2 aliphatic rings. The molecular formula is C18H21N3O2. The summed E-state index contributed by atoms with van der Waals surface area (Å²) < 4.78 is 0. The first-order chi connectivity index (χ1) is 11.2. The Morgan fingerprint density at radius 2 is 2.17 bits per heavy atom. The van der Waals surface area contributed by atoms with Crippen molar-refractivity contribution in [3.8, 4) is 0 Å². The van der Waals surface area contributed by atoms with E-state index in [1.54, 1.807) is 0 Å². The second kappa shape index (κ2) is 5.80. The average molecular weight is 311 g/mol. The number of carbonyl (C=O) groups is 1. The van der Waals surface area contributed by atoms with Crippen LogP contribution in [0.25, 0.3) is 11.0 Å². The van der Waals surface area contributed by atoms with E-state index >= 15 is 0 Å². The van der Waals surface area contributed by atoms with Crippen molar-refractivity contribution in [1.82, 2.24) is 14.9 Å². The third-order valence-electron chi connectivity index (χ3n) is 5.22. The van der Waals surface area contributed by atoms with Crippen LogP contribution in [0.15, 0.2) is 29.1 Å². The summed E-state index contributed by atoms with van der Waals surface area (Å²) >= 11 is 0. The predicted octanol–water partition coefficient (Wildman–Crippen LogP) is 2.26. The highest BCUT2D eigenvalue weighted by atomic mass is 16.2. The summed E-state index contributed by atoms with van der Waals surface area (Å²) in [6.07, 6.45) is 5.58. The first kappa shape index (κ1) is 14.4. The largest absolute Gasteiger partial charge is 0.339 e. The summed E-state index contributed by atoms with van der Waals surface area (Å²) in [5.74, 6) is 0.869. The minimum absolute atomic E-state index is 0.175. The molecule has 2 bridgehead atoms. The number of fused-ring (bicyclic) bond motifs is 3. The fourth-order valence-corrected chi connectivity index (χ4v) is 4.05. The number of likely N-dealkylation sites (tertiary alicyclic amines) is 1. The predicted molar refractivity (Wildman–Crippen MR) is 88.1 cm³/mol. The average Bonchev–Trinajstić information content (AvgIpc) is 2.86. The zero-order valence-corrected chi connectivity index (χ0v) is 13.1. The number of H-pyrrole nitrogens is 1. The number of nitrogens with zero attached hydrogens (tertiary/aromatic N) is 2. The van der Waals surface area contributed by atoms with Gasteiger partial charge in [0.2, 0.25) is 5.91 Å². The fraction of sp³-hybridized carbons (Fsp3) is 0.500. The molecule has 5 heteroatoms. The van der Waals surface area contributed by atoms with Gasteiger partial charge in [0.05, 0.1) is 11.0 Å². The molecule has 120 valence electrons. The molecule has 2 heterocycles. The Morgan fingerprint density at radius 1 is 1.30 bits per heavy atom. The molecule has 1 N–H and O–H groups in total. The lowest BCUT2D eigenvalue weighted by molar-refractivity contribution is -0.132. The molecular weight excluding hydrogens is 290 g/mol. The molecule has 1 aromatic carbocycles. The van der Waals surface area contributed by atoms with Crippen LogP contribution in [-0.2, 0) is 11.2 Å². The molecule has 1 aliphatic carbocycles. The molecule has 4 rings (SSSR count). The number of carbonyl (C=O) groups excluding carboxylic acids is 1. The highest BCUT2D eigenvalue weighted by Gasteiger charge is 2.37. The molecule has 1 saturated carbocycles. The lowest BCUT2D eigenvalue weighted by Crippen LogP contribution is -2.35. The van der Waals surface area contributed by atoms with Gasteiger partial charge in [-0.15, -0.1) is 0 Å². The zero-order chi connectivity index (χ0) is 15.8. The topological polar surface area (TPSA) is 66.1 Å². The summed E-state index contributed by atoms with van der Waals surface area (Å²) in [4.78, 5) is 33.9. The maximum absolute atomic E-state index is 12.5. The fourth-order valence-electron chi connectivity index (χ4n) is 4.05. The van der Waals surface area contributed by atoms with Crippen LogP contribution in [0.5, 0.6) is 0 Å². The Morgan fingerprint density at radius 3 is 3.04 bits per heavy atom. The molecule has 23 heavy (non-hydrogen) atoms. The Bertz CT molecular complexity index is 798. The quantitative estimate of drug-likeness (QED) is 0.945. The van der Waals surface area contributed by atoms with E-state index in [0.717, 1.165) is 24.0 Å². The Labute approximate surface area is 134 Å². The maximum atomic E-state index is 12.5. The van der Waals surface area contributed by atoms with Crippen molar-refractivity contribution in [3.05, 3.63) is 40.3 Å². The van der Waals surface area contributed by atoms with Crippen LogP contribution in [0.1, 0.15) is 37.8 Å². The molecule has 5 nitrogen and oxygen atoms in total. The second-order valence-corrected chi connectivity index (χ2v) is 6.76. The normalized spacial score (nSPS) is 23.4. The molecule has 1 saturated heterocycles. The zero-order valence-electron chi connectivity index (χ0n) is 13.1. The smallest absolute Gasteiger partial charge is 0.270 e. The van der Waals surface area contributed by atoms with E-state index in [-0.39, 0.29) is 11.5 Å². The van der Waals surface area contributed by atoms with Crippen LogP contribution in [0.2, 0.25) is 0 Å². The SMILES string of the molecule is O=C(CCc1nc2ccccc2[nH]c1=O)N1C[C@H]2CCC[C@@H]1C2. The van der Waals surface area contributed by atoms with Gasteiger partial charge in [0, 0.05) is 25.4 Å². The number of rotatable bonds is 3. The van der Waals surface area contributed by atoms with E-state index in [2.05, 4.69) is 9.97 Å². The third kappa shape index (κ3) is 2.76. The lowest BCUT2D eigenvalue weighted by atomic mass is 9.90. The third-order valence-corrected chi connectivity index (χ3v) is 5.22. The van der Waals surface area contributed by atoms with Gasteiger partial charge >= 0.3 is 0 Å². The molecule has 1 aromatic heterocycles. The van der Waals surface area contributed by atoms with Gasteiger partial charge in [-0.05, 0) is 37.3 Å². The van der Waals surface area contributed by atoms with Gasteiger partial charge in [0.1, 0.15) is 5.69 Å². The van der Waals surface area contributed by atoms with Crippen molar-refractivity contribution >= 4 is 16.9 Å². The summed E-state index contributed by atoms with van der Waals surface area (Å²) in [5, 5.41) is 0. The van der Waals surface area contributed by atoms with Gasteiger partial charge in [-0.1, -0.05) is 18.6 Å². The number of hydrogen-bond acceptors (Lipinski definition) is 3. The number of para-hydroxylation sites is 2. The van der Waals surface area contributed by atoms with E-state index in [0.29, 0.717) is 30.5 Å². The van der Waals surface area contributed by atoms with Crippen molar-refractivity contribution in [2.75, 3.05) is 6.54 Å². The van der Waals surface area contributed by atoms with Gasteiger partial charge in [-0.25, -0.2) is 4.98 Å². The van der Waals surface area contributed by atoms with Gasteiger partial charge in [-0.2, -0.15) is 0 Å². The minimum Gasteiger partial charge on any atom is -0.339 e. The van der Waals surface area contributed by atoms with Gasteiger partial charge in [0.25, 0.3) is 5.56 Å². The van der Waals surface area contributed by atoms with Gasteiger partial charge in [-0.3, -0.25) is 9.59 Å². The number of amides is 1. The van der Waals surface area contributed by atoms with E-state index < -0.39 is 0 Å². The van der Waals surface area contributed by atoms with Crippen molar-refractivity contribution in [2.45, 2.75) is 44.6 Å². The number of benzene rings is 1. The molecule has 0 radical (unpaired) electrons. The summed E-state index contributed by atoms with van der Waals surface area (Å²) in [7, 11) is 0. The Kier molecular flexibility index (Phi) is 3.63. The Balaban J connectivity index is 1.47. The highest BCUT2D eigenvalue weighted by molar-refractivity contribution is 5.77. The lowest BCUT2D eigenvalue weighted by Gasteiger charge is -2.24. The molecule has 1 aliphatic heterocycles. The summed E-state index contributed by atoms with van der Waals surface area (Å²) in [6, 6.07) is 7.91. The number of hydrogen-bond donors (Lipinski definition) is 1. The van der Waals surface area contributed by atoms with Crippen LogP contribution in [-0.4, -0.2) is 33.4 Å². The Hall–Kier alpha value is -2.17. The van der Waals surface area contributed by atoms with Gasteiger partial charge in [0.15, 0.2) is 0 Å². The van der Waals surface area contributed by atoms with Crippen LogP contribution in [0.4, 0.5) is 0 Å². The molecule has 2 atom stereocenters. The van der Waals surface area contributed by atoms with Crippen LogP contribution < -0.4 is 5.56 Å². The maximum Gasteiger partial charge on any atom is 0.270 e. The van der Waals surface area contributed by atoms with Crippen molar-refractivity contribution in [3.63, 3.8) is 0 Å². The van der Waals surface area contributed by atoms with Crippen LogP contribution >= 0.6 is 0 Å². The molecule has 1 amide bonds. The monoisotopic (exact) mass is 311 g/mol. The highest BCUT2D eigenvalue weighted by Crippen LogP contribution is 2.35. The first-order valence-corrected chi connectivity index (χ1v) is 8.48. The molecule has 0 unspecified atom stereocenters. The van der Waals surface area contributed by atoms with Gasteiger partial charge < -0.3 is 9.88 Å². The number of nitrogens with one attached hydrogen (secondary N) is 1. The van der Waals surface area contributed by atoms with E-state index in [1.807, 2.05) is 29.2 Å². The minimum atomic E-state index is -0.184. The molecule has 0 spiro atoms. The van der Waals surface area contributed by atoms with E-state index in [1.165, 1.54) is 19.3 Å². The van der Waals surface area contributed by atoms with E-state index in [9.17, 15) is 9.59 Å². The van der Waals surface area contributed by atoms with Crippen molar-refractivity contribution in [2.24, 2.45) is 5.92 Å². The first-order valence-electron chi connectivity index (χ1n) is 8.48. The molecule has 2 fully saturated rings. The number of aromatic amines is 1. The van der Waals surface area contributed by atoms with Crippen molar-refractivity contribution < 1.29 is 4.79 Å².